The van der Waals surface area contributed by atoms with Gasteiger partial charge in [-0.25, -0.2) is 0 Å². The molecule has 0 nitrogen and oxygen atoms in total. The summed E-state index contributed by atoms with van der Waals surface area (Å²) in [7, 11) is -0.940. The van der Waals surface area contributed by atoms with E-state index in [1.165, 1.54) is 21.2 Å². The van der Waals surface area contributed by atoms with Crippen molar-refractivity contribution >= 4 is 37.1 Å². The fourth-order valence-electron chi connectivity index (χ4n) is 3.63. The number of hydrogen-bond acceptors (Lipinski definition) is 0. The first-order chi connectivity index (χ1) is 13.8. The van der Waals surface area contributed by atoms with Crippen LogP contribution in [0.4, 0.5) is 0 Å². The Labute approximate surface area is 209 Å². The van der Waals surface area contributed by atoms with Crippen LogP contribution in [0.2, 0.25) is 0 Å². The normalized spacial score (nSPS) is 10.9. The molecule has 29 heavy (non-hydrogen) atoms. The van der Waals surface area contributed by atoms with Gasteiger partial charge in [-0.3, -0.25) is 0 Å². The molecule has 0 aliphatic rings. The first-order valence-electron chi connectivity index (χ1n) is 9.63. The quantitative estimate of drug-likeness (QED) is 0.275. The zero-order valence-electron chi connectivity index (χ0n) is 16.4. The molecule has 0 amide bonds. The van der Waals surface area contributed by atoms with E-state index in [1.54, 1.807) is 0 Å². The van der Waals surface area contributed by atoms with Gasteiger partial charge >= 0.3 is 0 Å². The molecular weight excluding hydrogens is 525 g/mol. The minimum atomic E-state index is -0.470. The molecule has 4 aromatic rings. The second-order valence-corrected chi connectivity index (χ2v) is 12.2. The zero-order chi connectivity index (χ0) is 19.2. The zero-order valence-corrected chi connectivity index (χ0v) is 20.8. The molecule has 0 spiro atoms. The van der Waals surface area contributed by atoms with Gasteiger partial charge in [-0.1, -0.05) is 128 Å². The van der Waals surface area contributed by atoms with Gasteiger partial charge in [0.25, 0.3) is 0 Å². The first-order valence-corrected chi connectivity index (χ1v) is 12.5. The Morgan fingerprint density at radius 3 is 0.828 bits per heavy atom. The molecule has 144 valence electrons. The summed E-state index contributed by atoms with van der Waals surface area (Å²) in [5.74, 6) is 0. The fraction of sp³-hybridized carbons (Fsp3) is 0.0769. The van der Waals surface area contributed by atoms with Crippen LogP contribution >= 0.6 is 15.8 Å². The first kappa shape index (κ1) is 22.8. The van der Waals surface area contributed by atoms with Gasteiger partial charge in [0.1, 0.15) is 0 Å². The van der Waals surface area contributed by atoms with E-state index in [0.717, 1.165) is 0 Å². The largest absolute Gasteiger partial charge is 0.0622 e. The van der Waals surface area contributed by atoms with Gasteiger partial charge in [0.15, 0.2) is 0 Å². The van der Waals surface area contributed by atoms with Crippen molar-refractivity contribution in [3.63, 3.8) is 0 Å². The summed E-state index contributed by atoms with van der Waals surface area (Å²) in [5, 5.41) is 6.34. The summed E-state index contributed by atoms with van der Waals surface area (Å²) in [6.45, 7) is 2.46. The van der Waals surface area contributed by atoms with Crippen LogP contribution in [-0.4, -0.2) is 5.40 Å². The van der Waals surface area contributed by atoms with Crippen molar-refractivity contribution in [2.75, 3.05) is 0 Å². The summed E-state index contributed by atoms with van der Waals surface area (Å²) in [5.41, 5.74) is 0. The van der Waals surface area contributed by atoms with E-state index >= 15 is 0 Å². The minimum absolute atomic E-state index is 0. The average molecular weight is 549 g/mol. The molecule has 4 aromatic carbocycles. The number of benzene rings is 4. The predicted octanol–water partition coefficient (Wildman–Crippen LogP) is 5.60. The van der Waals surface area contributed by atoms with Crippen LogP contribution in [0.5, 0.6) is 0 Å². The third kappa shape index (κ3) is 5.61. The topological polar surface area (TPSA) is 0 Å². The molecule has 0 unspecified atom stereocenters. The van der Waals surface area contributed by atoms with Crippen molar-refractivity contribution in [2.24, 2.45) is 0 Å². The van der Waals surface area contributed by atoms with Crippen LogP contribution in [-0.2, 0) is 0 Å². The van der Waals surface area contributed by atoms with Crippen molar-refractivity contribution in [3.05, 3.63) is 121 Å². The van der Waals surface area contributed by atoms with E-state index in [9.17, 15) is 0 Å². The van der Waals surface area contributed by atoms with Crippen molar-refractivity contribution < 1.29 is 40.4 Å². The molecule has 0 fully saturated rings. The second-order valence-electron chi connectivity index (χ2n) is 6.71. The van der Waals surface area contributed by atoms with Gasteiger partial charge in [0.2, 0.25) is 0 Å². The van der Waals surface area contributed by atoms with E-state index in [4.69, 9.17) is 0 Å². The van der Waals surface area contributed by atoms with E-state index in [-0.39, 0.29) is 40.4 Å². The van der Waals surface area contributed by atoms with Crippen LogP contribution < -0.4 is 21.2 Å². The van der Waals surface area contributed by atoms with E-state index in [0.29, 0.717) is 5.40 Å². The molecular formula is C26H24P2Sm. The summed E-state index contributed by atoms with van der Waals surface area (Å²) in [6.07, 6.45) is 0. The Kier molecular flexibility index (Phi) is 9.00. The Balaban J connectivity index is 0.00000240. The molecule has 0 atom stereocenters. The summed E-state index contributed by atoms with van der Waals surface area (Å²) >= 11 is 0. The third-order valence-corrected chi connectivity index (χ3v) is 11.2. The van der Waals surface area contributed by atoms with E-state index in [2.05, 4.69) is 128 Å². The van der Waals surface area contributed by atoms with Gasteiger partial charge in [0, 0.05) is 45.8 Å². The fourth-order valence-corrected chi connectivity index (χ4v) is 10.5. The average Bonchev–Trinajstić information content (AvgIpc) is 2.77. The van der Waals surface area contributed by atoms with Crippen LogP contribution in [0.1, 0.15) is 6.92 Å². The standard InChI is InChI=1S/C26H24P2.Sm/c1-22(27(23-14-6-2-7-15-23)24-16-8-3-9-17-24)28(25-18-10-4-11-19-25)26-20-12-5-13-21-26;/h2-22H,1H3;. The van der Waals surface area contributed by atoms with Crippen LogP contribution in [0, 0.1) is 40.4 Å². The molecule has 3 heteroatoms. The predicted molar refractivity (Wildman–Crippen MR) is 128 cm³/mol. The Bertz CT molecular complexity index is 814. The Morgan fingerprint density at radius 1 is 0.414 bits per heavy atom. The summed E-state index contributed by atoms with van der Waals surface area (Å²) in [4.78, 5) is 0. The van der Waals surface area contributed by atoms with Crippen LogP contribution in [0.3, 0.4) is 0 Å². The van der Waals surface area contributed by atoms with Gasteiger partial charge in [-0.2, -0.15) is 0 Å². The monoisotopic (exact) mass is 550 g/mol. The minimum Gasteiger partial charge on any atom is -0.0622 e. The van der Waals surface area contributed by atoms with Gasteiger partial charge in [-0.05, 0) is 37.1 Å². The van der Waals surface area contributed by atoms with E-state index < -0.39 is 15.8 Å². The maximum atomic E-state index is 2.46. The van der Waals surface area contributed by atoms with Crippen molar-refractivity contribution in [3.8, 4) is 0 Å². The number of rotatable bonds is 6. The maximum absolute atomic E-state index is 2.46. The summed E-state index contributed by atoms with van der Waals surface area (Å²) in [6, 6.07) is 44.3. The van der Waals surface area contributed by atoms with Crippen LogP contribution in [0.25, 0.3) is 0 Å². The van der Waals surface area contributed by atoms with Crippen molar-refractivity contribution in [2.45, 2.75) is 12.3 Å². The molecule has 0 heterocycles. The van der Waals surface area contributed by atoms with Gasteiger partial charge in [0.05, 0.1) is 0 Å². The smallest absolute Gasteiger partial charge is 0.0126 e. The maximum Gasteiger partial charge on any atom is 0.0126 e. The molecule has 0 aliphatic heterocycles. The Morgan fingerprint density at radius 2 is 0.621 bits per heavy atom. The molecule has 0 radical (unpaired) electrons. The summed E-state index contributed by atoms with van der Waals surface area (Å²) < 4.78 is 0. The molecule has 4 rings (SSSR count). The molecule has 0 aliphatic carbocycles. The van der Waals surface area contributed by atoms with Crippen molar-refractivity contribution in [1.82, 2.24) is 0 Å². The molecule has 0 saturated carbocycles. The molecule has 0 aromatic heterocycles. The second kappa shape index (κ2) is 11.5. The Hall–Kier alpha value is -0.922. The molecule has 0 N–H and O–H groups in total. The molecule has 0 saturated heterocycles. The van der Waals surface area contributed by atoms with Crippen LogP contribution in [0.15, 0.2) is 121 Å². The third-order valence-electron chi connectivity index (χ3n) is 4.88. The molecule has 0 bridgehead atoms. The van der Waals surface area contributed by atoms with Gasteiger partial charge in [-0.15, -0.1) is 0 Å². The number of hydrogen-bond donors (Lipinski definition) is 0. The van der Waals surface area contributed by atoms with Crippen molar-refractivity contribution in [1.29, 1.82) is 0 Å². The van der Waals surface area contributed by atoms with Gasteiger partial charge < -0.3 is 0 Å². The van der Waals surface area contributed by atoms with E-state index in [1.807, 2.05) is 0 Å². The SMILES string of the molecule is CC(P(c1ccccc1)c1ccccc1)P(c1ccccc1)c1ccccc1.[Sm].